The lowest BCUT2D eigenvalue weighted by Gasteiger charge is -2.37. The summed E-state index contributed by atoms with van der Waals surface area (Å²) in [5.41, 5.74) is 1.28. The van der Waals surface area contributed by atoms with Crippen molar-refractivity contribution in [1.82, 2.24) is 15.3 Å². The molecule has 1 aliphatic rings. The Morgan fingerprint density at radius 3 is 2.81 bits per heavy atom. The second kappa shape index (κ2) is 4.45. The van der Waals surface area contributed by atoms with Crippen LogP contribution in [0.1, 0.15) is 18.3 Å². The number of hydrogen-bond donors (Lipinski definition) is 1. The molecule has 0 radical (unpaired) electrons. The fraction of sp³-hybridized carbons (Fsp3) is 0.545. The first-order valence-corrected chi connectivity index (χ1v) is 5.47. The third-order valence-electron chi connectivity index (χ3n) is 2.76. The third-order valence-corrected chi connectivity index (χ3v) is 2.76. The second-order valence-electron chi connectivity index (χ2n) is 3.90. The van der Waals surface area contributed by atoms with Gasteiger partial charge in [-0.15, -0.1) is 0 Å². The highest BCUT2D eigenvalue weighted by Crippen LogP contribution is 2.15. The van der Waals surface area contributed by atoms with Gasteiger partial charge in [0.1, 0.15) is 11.8 Å². The van der Waals surface area contributed by atoms with Crippen LogP contribution in [0.5, 0.6) is 0 Å². The Morgan fingerprint density at radius 1 is 1.56 bits per heavy atom. The zero-order valence-corrected chi connectivity index (χ0v) is 9.56. The molecule has 1 aromatic rings. The van der Waals surface area contributed by atoms with Gasteiger partial charge >= 0.3 is 0 Å². The number of nitrogens with zero attached hydrogens (tertiary/aromatic N) is 4. The van der Waals surface area contributed by atoms with Crippen molar-refractivity contribution >= 4 is 5.95 Å². The Labute approximate surface area is 95.1 Å². The monoisotopic (exact) mass is 217 g/mol. The summed E-state index contributed by atoms with van der Waals surface area (Å²) >= 11 is 0. The van der Waals surface area contributed by atoms with Gasteiger partial charge in [-0.3, -0.25) is 0 Å². The number of aryl methyl sites for hydroxylation is 1. The molecule has 1 aliphatic heterocycles. The van der Waals surface area contributed by atoms with E-state index in [4.69, 9.17) is 5.26 Å². The highest BCUT2D eigenvalue weighted by Gasteiger charge is 2.25. The zero-order chi connectivity index (χ0) is 11.5. The molecule has 0 bridgehead atoms. The highest BCUT2D eigenvalue weighted by atomic mass is 15.3. The second-order valence-corrected chi connectivity index (χ2v) is 3.90. The van der Waals surface area contributed by atoms with E-state index >= 15 is 0 Å². The van der Waals surface area contributed by atoms with E-state index in [2.05, 4.69) is 33.2 Å². The van der Waals surface area contributed by atoms with E-state index in [1.54, 1.807) is 6.07 Å². The Kier molecular flexibility index (Phi) is 3.02. The molecule has 1 aromatic heterocycles. The van der Waals surface area contributed by atoms with Gasteiger partial charge in [0.15, 0.2) is 0 Å². The van der Waals surface area contributed by atoms with Gasteiger partial charge in [-0.05, 0) is 19.9 Å². The van der Waals surface area contributed by atoms with Crippen molar-refractivity contribution in [3.63, 3.8) is 0 Å². The number of aromatic nitrogens is 2. The molecule has 5 nitrogen and oxygen atoms in total. The highest BCUT2D eigenvalue weighted by molar-refractivity contribution is 5.38. The van der Waals surface area contributed by atoms with Crippen molar-refractivity contribution in [3.8, 4) is 6.07 Å². The number of hydrogen-bond acceptors (Lipinski definition) is 5. The van der Waals surface area contributed by atoms with Crippen molar-refractivity contribution in [3.05, 3.63) is 17.5 Å². The smallest absolute Gasteiger partial charge is 0.227 e. The molecule has 2 rings (SSSR count). The molecule has 0 aromatic carbocycles. The Morgan fingerprint density at radius 2 is 2.31 bits per heavy atom. The van der Waals surface area contributed by atoms with Crippen molar-refractivity contribution < 1.29 is 0 Å². The van der Waals surface area contributed by atoms with Crippen molar-refractivity contribution in [2.45, 2.75) is 19.9 Å². The average Bonchev–Trinajstić information content (AvgIpc) is 2.22. The van der Waals surface area contributed by atoms with Gasteiger partial charge in [0.05, 0.1) is 6.04 Å². The van der Waals surface area contributed by atoms with E-state index in [0.29, 0.717) is 17.7 Å². The van der Waals surface area contributed by atoms with Crippen LogP contribution in [-0.2, 0) is 0 Å². The van der Waals surface area contributed by atoms with Gasteiger partial charge < -0.3 is 10.2 Å². The number of rotatable bonds is 3. The SMILES string of the molecule is CCN(c1nc(C)cc(C#N)n1)C1CNC1. The van der Waals surface area contributed by atoms with E-state index in [9.17, 15) is 0 Å². The largest absolute Gasteiger partial charge is 0.336 e. The fourth-order valence-corrected chi connectivity index (χ4v) is 1.80. The Hall–Kier alpha value is -1.67. The summed E-state index contributed by atoms with van der Waals surface area (Å²) in [7, 11) is 0. The molecule has 1 fully saturated rings. The molecule has 0 spiro atoms. The summed E-state index contributed by atoms with van der Waals surface area (Å²) in [4.78, 5) is 10.8. The molecule has 5 heteroatoms. The summed E-state index contributed by atoms with van der Waals surface area (Å²) in [6.45, 7) is 6.76. The van der Waals surface area contributed by atoms with Crippen LogP contribution in [-0.4, -0.2) is 35.6 Å². The van der Waals surface area contributed by atoms with E-state index < -0.39 is 0 Å². The molecule has 16 heavy (non-hydrogen) atoms. The Balaban J connectivity index is 2.30. The first-order chi connectivity index (χ1) is 7.74. The van der Waals surface area contributed by atoms with Crippen LogP contribution in [0.3, 0.4) is 0 Å². The topological polar surface area (TPSA) is 64.8 Å². The molecule has 84 valence electrons. The average molecular weight is 217 g/mol. The first-order valence-electron chi connectivity index (χ1n) is 5.47. The molecule has 0 unspecified atom stereocenters. The number of nitriles is 1. The standard InChI is InChI=1S/C11H15N5/c1-3-16(10-6-13-7-10)11-14-8(2)4-9(5-12)15-11/h4,10,13H,3,6-7H2,1-2H3. The third kappa shape index (κ3) is 1.97. The van der Waals surface area contributed by atoms with Crippen molar-refractivity contribution in [2.24, 2.45) is 0 Å². The minimum atomic E-state index is 0.438. The van der Waals surface area contributed by atoms with E-state index in [1.165, 1.54) is 0 Å². The minimum Gasteiger partial charge on any atom is -0.336 e. The summed E-state index contributed by atoms with van der Waals surface area (Å²) in [5.74, 6) is 0.672. The van der Waals surface area contributed by atoms with Crippen LogP contribution < -0.4 is 10.2 Å². The Bertz CT molecular complexity index is 419. The lowest BCUT2D eigenvalue weighted by atomic mass is 10.1. The first kappa shape index (κ1) is 10.8. The summed E-state index contributed by atoms with van der Waals surface area (Å²) in [6, 6.07) is 4.23. The molecule has 2 heterocycles. The maximum absolute atomic E-state index is 8.88. The van der Waals surface area contributed by atoms with Gasteiger partial charge in [-0.2, -0.15) is 5.26 Å². The van der Waals surface area contributed by atoms with Crippen molar-refractivity contribution in [2.75, 3.05) is 24.5 Å². The molecule has 1 saturated heterocycles. The van der Waals surface area contributed by atoms with Crippen LogP contribution in [0.2, 0.25) is 0 Å². The van der Waals surface area contributed by atoms with Crippen LogP contribution in [0.15, 0.2) is 6.07 Å². The maximum Gasteiger partial charge on any atom is 0.227 e. The van der Waals surface area contributed by atoms with E-state index in [0.717, 1.165) is 25.3 Å². The predicted octanol–water partition coefficient (Wildman–Crippen LogP) is 0.455. The quantitative estimate of drug-likeness (QED) is 0.796. The number of anilines is 1. The molecule has 1 N–H and O–H groups in total. The minimum absolute atomic E-state index is 0.438. The molecule has 0 amide bonds. The van der Waals surface area contributed by atoms with Gasteiger partial charge in [-0.25, -0.2) is 9.97 Å². The predicted molar refractivity (Wildman–Crippen MR) is 61.2 cm³/mol. The summed E-state index contributed by atoms with van der Waals surface area (Å²) in [6.07, 6.45) is 0. The molecular formula is C11H15N5. The van der Waals surface area contributed by atoms with E-state index in [-0.39, 0.29) is 0 Å². The summed E-state index contributed by atoms with van der Waals surface area (Å²) < 4.78 is 0. The van der Waals surface area contributed by atoms with Gasteiger partial charge in [0.25, 0.3) is 0 Å². The van der Waals surface area contributed by atoms with Crippen LogP contribution in [0.25, 0.3) is 0 Å². The molecular weight excluding hydrogens is 202 g/mol. The molecule has 0 saturated carbocycles. The number of nitrogens with one attached hydrogen (secondary N) is 1. The zero-order valence-electron chi connectivity index (χ0n) is 9.56. The number of likely N-dealkylation sites (N-methyl/N-ethyl adjacent to an activating group) is 1. The maximum atomic E-state index is 8.88. The van der Waals surface area contributed by atoms with Gasteiger partial charge in [0.2, 0.25) is 5.95 Å². The summed E-state index contributed by atoms with van der Waals surface area (Å²) in [5, 5.41) is 12.1. The van der Waals surface area contributed by atoms with Gasteiger partial charge in [-0.1, -0.05) is 0 Å². The molecule has 0 atom stereocenters. The van der Waals surface area contributed by atoms with Gasteiger partial charge in [0, 0.05) is 25.3 Å². The lowest BCUT2D eigenvalue weighted by molar-refractivity contribution is 0.412. The normalized spacial score (nSPS) is 15.3. The van der Waals surface area contributed by atoms with Crippen molar-refractivity contribution in [1.29, 1.82) is 5.26 Å². The van der Waals surface area contributed by atoms with E-state index in [1.807, 2.05) is 6.92 Å². The lowest BCUT2D eigenvalue weighted by Crippen LogP contribution is -2.57. The fourth-order valence-electron chi connectivity index (χ4n) is 1.80. The molecule has 0 aliphatic carbocycles. The van der Waals surface area contributed by atoms with Crippen LogP contribution in [0, 0.1) is 18.3 Å². The van der Waals surface area contributed by atoms with Crippen LogP contribution in [0.4, 0.5) is 5.95 Å². The van der Waals surface area contributed by atoms with Crippen LogP contribution >= 0.6 is 0 Å².